The topological polar surface area (TPSA) is 95.7 Å². The molecule has 1 rings (SSSR count). The van der Waals surface area contributed by atoms with Gasteiger partial charge in [-0.05, 0) is 30.7 Å². The van der Waals surface area contributed by atoms with E-state index in [9.17, 15) is 14.7 Å². The van der Waals surface area contributed by atoms with Gasteiger partial charge in [-0.2, -0.15) is 0 Å². The molecular weight excluding hydrogens is 402 g/mol. The minimum atomic E-state index is -0.607. The molecule has 6 nitrogen and oxygen atoms in total. The SMILES string of the molecule is CCCCCCCCCCCCCCCCCCN(C(=O)NN)C(=O)c1ccc(O)cc1. The van der Waals surface area contributed by atoms with Crippen molar-refractivity contribution in [1.82, 2.24) is 10.3 Å². The van der Waals surface area contributed by atoms with E-state index in [1.165, 1.54) is 108 Å². The number of imide groups is 1. The molecule has 3 amide bonds. The lowest BCUT2D eigenvalue weighted by atomic mass is 10.0. The maximum absolute atomic E-state index is 12.6. The van der Waals surface area contributed by atoms with E-state index in [0.29, 0.717) is 12.1 Å². The second kappa shape index (κ2) is 18.5. The van der Waals surface area contributed by atoms with Crippen LogP contribution in [0.3, 0.4) is 0 Å². The quantitative estimate of drug-likeness (QED) is 0.101. The summed E-state index contributed by atoms with van der Waals surface area (Å²) < 4.78 is 0. The lowest BCUT2D eigenvalue weighted by molar-refractivity contribution is 0.0798. The van der Waals surface area contributed by atoms with Gasteiger partial charge in [0.15, 0.2) is 0 Å². The van der Waals surface area contributed by atoms with Crippen LogP contribution in [-0.2, 0) is 0 Å². The van der Waals surface area contributed by atoms with Gasteiger partial charge >= 0.3 is 6.03 Å². The molecule has 182 valence electrons. The number of unbranched alkanes of at least 4 members (excludes halogenated alkanes) is 15. The van der Waals surface area contributed by atoms with Crippen LogP contribution in [0.15, 0.2) is 24.3 Å². The number of rotatable bonds is 18. The first-order valence-electron chi connectivity index (χ1n) is 12.7. The molecule has 1 aromatic rings. The molecule has 6 heteroatoms. The third kappa shape index (κ3) is 12.7. The molecule has 1 aromatic carbocycles. The monoisotopic (exact) mass is 447 g/mol. The number of nitrogens with two attached hydrogens (primary N) is 1. The van der Waals surface area contributed by atoms with E-state index < -0.39 is 11.9 Å². The highest BCUT2D eigenvalue weighted by atomic mass is 16.3. The molecule has 0 spiro atoms. The largest absolute Gasteiger partial charge is 0.508 e. The Morgan fingerprint density at radius 2 is 1.16 bits per heavy atom. The van der Waals surface area contributed by atoms with Crippen molar-refractivity contribution in [3.63, 3.8) is 0 Å². The lowest BCUT2D eigenvalue weighted by Crippen LogP contribution is -2.47. The molecule has 0 radical (unpaired) electrons. The molecule has 0 saturated carbocycles. The highest BCUT2D eigenvalue weighted by Gasteiger charge is 2.21. The van der Waals surface area contributed by atoms with Crippen LogP contribution < -0.4 is 11.3 Å². The zero-order valence-electron chi connectivity index (χ0n) is 20.1. The van der Waals surface area contributed by atoms with Gasteiger partial charge < -0.3 is 5.11 Å². The summed E-state index contributed by atoms with van der Waals surface area (Å²) in [4.78, 5) is 25.7. The van der Waals surface area contributed by atoms with Gasteiger partial charge in [0.2, 0.25) is 0 Å². The van der Waals surface area contributed by atoms with Gasteiger partial charge in [-0.25, -0.2) is 10.6 Å². The Bertz CT molecular complexity index is 619. The average molecular weight is 448 g/mol. The van der Waals surface area contributed by atoms with Crippen molar-refractivity contribution in [1.29, 1.82) is 0 Å². The number of nitrogens with zero attached hydrogens (tertiary/aromatic N) is 1. The highest BCUT2D eigenvalue weighted by molar-refractivity contribution is 6.04. The first-order chi connectivity index (χ1) is 15.6. The van der Waals surface area contributed by atoms with Crippen LogP contribution in [-0.4, -0.2) is 28.5 Å². The van der Waals surface area contributed by atoms with E-state index in [1.54, 1.807) is 0 Å². The number of aromatic hydroxyl groups is 1. The van der Waals surface area contributed by atoms with E-state index in [-0.39, 0.29) is 5.75 Å². The molecule has 0 atom stereocenters. The van der Waals surface area contributed by atoms with Gasteiger partial charge in [-0.3, -0.25) is 15.1 Å². The fourth-order valence-corrected chi connectivity index (χ4v) is 3.95. The number of carbonyl (C=O) groups excluding carboxylic acids is 2. The zero-order chi connectivity index (χ0) is 23.4. The van der Waals surface area contributed by atoms with Crippen molar-refractivity contribution < 1.29 is 14.7 Å². The van der Waals surface area contributed by atoms with Crippen LogP contribution in [0, 0.1) is 0 Å². The summed E-state index contributed by atoms with van der Waals surface area (Å²) in [5.74, 6) is 4.91. The minimum absolute atomic E-state index is 0.0779. The minimum Gasteiger partial charge on any atom is -0.508 e. The Kier molecular flexibility index (Phi) is 16.1. The van der Waals surface area contributed by atoms with E-state index in [2.05, 4.69) is 6.92 Å². The number of carbonyl (C=O) groups is 2. The number of hydrogen-bond donors (Lipinski definition) is 3. The summed E-state index contributed by atoms with van der Waals surface area (Å²) in [6.45, 7) is 2.60. The normalized spacial score (nSPS) is 10.8. The molecular formula is C26H45N3O3. The van der Waals surface area contributed by atoms with E-state index >= 15 is 0 Å². The maximum Gasteiger partial charge on any atom is 0.338 e. The highest BCUT2D eigenvalue weighted by Crippen LogP contribution is 2.15. The third-order valence-corrected chi connectivity index (χ3v) is 5.96. The number of hydrazine groups is 1. The summed E-state index contributed by atoms with van der Waals surface area (Å²) in [7, 11) is 0. The van der Waals surface area contributed by atoms with Crippen LogP contribution in [0.1, 0.15) is 120 Å². The number of phenols is 1. The van der Waals surface area contributed by atoms with Crippen LogP contribution in [0.2, 0.25) is 0 Å². The number of benzene rings is 1. The number of amides is 3. The van der Waals surface area contributed by atoms with E-state index in [1.807, 2.05) is 5.43 Å². The predicted molar refractivity (Wildman–Crippen MR) is 131 cm³/mol. The summed E-state index contributed by atoms with van der Waals surface area (Å²) in [5.41, 5.74) is 2.40. The van der Waals surface area contributed by atoms with Gasteiger partial charge in [0.25, 0.3) is 5.91 Å². The summed E-state index contributed by atoms with van der Waals surface area (Å²) in [5, 5.41) is 9.37. The van der Waals surface area contributed by atoms with Crippen molar-refractivity contribution >= 4 is 11.9 Å². The molecule has 0 heterocycles. The van der Waals surface area contributed by atoms with Gasteiger partial charge in [0.05, 0.1) is 0 Å². The number of urea groups is 1. The first-order valence-corrected chi connectivity index (χ1v) is 12.7. The number of phenolic OH excluding ortho intramolecular Hbond substituents is 1. The third-order valence-electron chi connectivity index (χ3n) is 5.96. The second-order valence-corrected chi connectivity index (χ2v) is 8.76. The molecule has 4 N–H and O–H groups in total. The van der Waals surface area contributed by atoms with Gasteiger partial charge in [0, 0.05) is 12.1 Å². The van der Waals surface area contributed by atoms with E-state index in [0.717, 1.165) is 24.2 Å². The van der Waals surface area contributed by atoms with Crippen molar-refractivity contribution in [2.45, 2.75) is 110 Å². The molecule has 0 aliphatic rings. The Morgan fingerprint density at radius 1 is 0.750 bits per heavy atom. The fraction of sp³-hybridized carbons (Fsp3) is 0.692. The van der Waals surface area contributed by atoms with E-state index in [4.69, 9.17) is 5.84 Å². The second-order valence-electron chi connectivity index (χ2n) is 8.76. The summed E-state index contributed by atoms with van der Waals surface area (Å²) in [6.07, 6.45) is 20.4. The van der Waals surface area contributed by atoms with Crippen molar-refractivity contribution in [2.75, 3.05) is 6.54 Å². The molecule has 0 aliphatic carbocycles. The van der Waals surface area contributed by atoms with Gasteiger partial charge in [0.1, 0.15) is 5.75 Å². The van der Waals surface area contributed by atoms with Crippen molar-refractivity contribution in [2.24, 2.45) is 5.84 Å². The van der Waals surface area contributed by atoms with Crippen LogP contribution >= 0.6 is 0 Å². The summed E-state index contributed by atoms with van der Waals surface area (Å²) in [6, 6.07) is 5.26. The molecule has 32 heavy (non-hydrogen) atoms. The van der Waals surface area contributed by atoms with Crippen LogP contribution in [0.25, 0.3) is 0 Å². The van der Waals surface area contributed by atoms with Crippen molar-refractivity contribution in [3.8, 4) is 5.75 Å². The number of nitrogens with one attached hydrogen (secondary N) is 1. The Morgan fingerprint density at radius 3 is 1.56 bits per heavy atom. The molecule has 0 bridgehead atoms. The Labute approximate surface area is 194 Å². The Balaban J connectivity index is 2.06. The van der Waals surface area contributed by atoms with Gasteiger partial charge in [-0.15, -0.1) is 0 Å². The average Bonchev–Trinajstić information content (AvgIpc) is 2.81. The molecule has 0 aliphatic heterocycles. The van der Waals surface area contributed by atoms with Crippen LogP contribution in [0.4, 0.5) is 4.79 Å². The van der Waals surface area contributed by atoms with Gasteiger partial charge in [-0.1, -0.05) is 103 Å². The number of hydrogen-bond acceptors (Lipinski definition) is 4. The maximum atomic E-state index is 12.6. The van der Waals surface area contributed by atoms with Crippen LogP contribution in [0.5, 0.6) is 5.75 Å². The summed E-state index contributed by atoms with van der Waals surface area (Å²) >= 11 is 0. The fourth-order valence-electron chi connectivity index (χ4n) is 3.95. The molecule has 0 unspecified atom stereocenters. The predicted octanol–water partition coefficient (Wildman–Crippen LogP) is 6.68. The van der Waals surface area contributed by atoms with Crippen molar-refractivity contribution in [3.05, 3.63) is 29.8 Å². The smallest absolute Gasteiger partial charge is 0.338 e. The molecule has 0 saturated heterocycles. The molecule has 0 fully saturated rings. The first kappa shape index (κ1) is 28.0. The standard InChI is InChI=1S/C26H45N3O3/c1-2-3-4-5-6-7-8-9-10-11-12-13-14-15-16-17-22-29(26(32)28-27)25(31)23-18-20-24(30)21-19-23/h18-21,30H,2-17,22,27H2,1H3,(H,28,32). The zero-order valence-corrected chi connectivity index (χ0v) is 20.1. The Hall–Kier alpha value is -2.08. The lowest BCUT2D eigenvalue weighted by Gasteiger charge is -2.20. The molecule has 0 aromatic heterocycles.